The lowest BCUT2D eigenvalue weighted by molar-refractivity contribution is -0.221. The highest BCUT2D eigenvalue weighted by Crippen LogP contribution is 2.46. The fraction of sp³-hybridized carbons (Fsp3) is 0.520. The normalized spacial score (nSPS) is 16.9. The van der Waals surface area contributed by atoms with Gasteiger partial charge in [-0.15, -0.1) is 5.06 Å². The van der Waals surface area contributed by atoms with Crippen molar-refractivity contribution in [3.8, 4) is 17.3 Å². The van der Waals surface area contributed by atoms with Gasteiger partial charge in [-0.1, -0.05) is 12.1 Å². The molecule has 2 fully saturated rings. The lowest BCUT2D eigenvalue weighted by atomic mass is 9.98. The summed E-state index contributed by atoms with van der Waals surface area (Å²) in [5, 5.41) is 18.6. The lowest BCUT2D eigenvalue weighted by Crippen LogP contribution is -2.60. The third-order valence-corrected chi connectivity index (χ3v) is 5.93. The molecule has 1 aromatic heterocycles. The maximum Gasteiger partial charge on any atom is 0.330 e. The van der Waals surface area contributed by atoms with Gasteiger partial charge in [0.15, 0.2) is 0 Å². The molecule has 2 heterocycles. The number of nitrogens with one attached hydrogen (secondary N) is 1. The predicted molar refractivity (Wildman–Crippen MR) is 123 cm³/mol. The van der Waals surface area contributed by atoms with Crippen molar-refractivity contribution in [3.05, 3.63) is 41.1 Å². The van der Waals surface area contributed by atoms with E-state index in [1.54, 1.807) is 17.2 Å². The number of hydrogen-bond acceptors (Lipinski definition) is 6. The number of amides is 1. The Hall–Kier alpha value is -3.18. The van der Waals surface area contributed by atoms with Crippen LogP contribution < -0.4 is 5.32 Å². The Kier molecular flexibility index (Phi) is 6.02. The average Bonchev–Trinajstić information content (AvgIpc) is 3.49. The molecule has 1 amide bonds. The van der Waals surface area contributed by atoms with E-state index < -0.39 is 5.41 Å². The van der Waals surface area contributed by atoms with Crippen LogP contribution in [0.5, 0.6) is 0 Å². The van der Waals surface area contributed by atoms with E-state index in [-0.39, 0.29) is 24.0 Å². The van der Waals surface area contributed by atoms with Gasteiger partial charge in [-0.05, 0) is 65.5 Å². The summed E-state index contributed by atoms with van der Waals surface area (Å²) < 4.78 is 1.81. The Morgan fingerprint density at radius 1 is 1.18 bits per heavy atom. The van der Waals surface area contributed by atoms with Crippen LogP contribution in [0.3, 0.4) is 0 Å². The quantitative estimate of drug-likeness (QED) is 0.720. The number of rotatable bonds is 6. The number of nitrogens with zero attached hydrogens (tertiary/aromatic N) is 4. The second-order valence-corrected chi connectivity index (χ2v) is 10.3. The van der Waals surface area contributed by atoms with Crippen molar-refractivity contribution >= 4 is 11.9 Å². The molecule has 4 rings (SSSR count). The fourth-order valence-corrected chi connectivity index (χ4v) is 3.83. The molecule has 0 bridgehead atoms. The summed E-state index contributed by atoms with van der Waals surface area (Å²) in [7, 11) is 0. The Labute approximate surface area is 194 Å². The van der Waals surface area contributed by atoms with Gasteiger partial charge < -0.3 is 10.2 Å². The number of nitriles is 1. The summed E-state index contributed by atoms with van der Waals surface area (Å²) in [4.78, 5) is 30.9. The van der Waals surface area contributed by atoms with Gasteiger partial charge >= 0.3 is 5.97 Å². The Bertz CT molecular complexity index is 1090. The van der Waals surface area contributed by atoms with Crippen molar-refractivity contribution in [2.75, 3.05) is 13.1 Å². The van der Waals surface area contributed by atoms with Gasteiger partial charge in [-0.2, -0.15) is 10.4 Å². The van der Waals surface area contributed by atoms with Gasteiger partial charge in [-0.25, -0.2) is 4.79 Å². The Balaban J connectivity index is 1.55. The van der Waals surface area contributed by atoms with Crippen LogP contribution in [-0.4, -0.2) is 45.9 Å². The molecule has 0 unspecified atom stereocenters. The first-order valence-electron chi connectivity index (χ1n) is 11.5. The molecule has 8 heteroatoms. The molecule has 0 radical (unpaired) electrons. The highest BCUT2D eigenvalue weighted by molar-refractivity contribution is 5.96. The van der Waals surface area contributed by atoms with Crippen molar-refractivity contribution in [1.82, 2.24) is 20.2 Å². The lowest BCUT2D eigenvalue weighted by Gasteiger charge is -2.38. The topological polar surface area (TPSA) is 100 Å². The van der Waals surface area contributed by atoms with Crippen LogP contribution in [0.15, 0.2) is 24.3 Å². The van der Waals surface area contributed by atoms with E-state index in [1.165, 1.54) is 0 Å². The third-order valence-electron chi connectivity index (χ3n) is 5.93. The van der Waals surface area contributed by atoms with E-state index in [0.29, 0.717) is 30.3 Å². The van der Waals surface area contributed by atoms with Crippen LogP contribution in [0, 0.1) is 16.7 Å². The maximum absolute atomic E-state index is 13.4. The molecule has 33 heavy (non-hydrogen) atoms. The average molecular weight is 450 g/mol. The summed E-state index contributed by atoms with van der Waals surface area (Å²) >= 11 is 0. The molecule has 1 aliphatic carbocycles. The molecular weight excluding hydrogens is 418 g/mol. The van der Waals surface area contributed by atoms with Crippen molar-refractivity contribution in [2.24, 2.45) is 5.41 Å². The molecule has 1 saturated heterocycles. The van der Waals surface area contributed by atoms with Crippen LogP contribution in [0.2, 0.25) is 0 Å². The van der Waals surface area contributed by atoms with E-state index in [9.17, 15) is 9.59 Å². The van der Waals surface area contributed by atoms with Crippen LogP contribution in [0.25, 0.3) is 11.3 Å². The van der Waals surface area contributed by atoms with Gasteiger partial charge in [0, 0.05) is 17.2 Å². The highest BCUT2D eigenvalue weighted by Gasteiger charge is 2.39. The summed E-state index contributed by atoms with van der Waals surface area (Å²) in [6, 6.07) is 9.41. The second kappa shape index (κ2) is 8.64. The van der Waals surface area contributed by atoms with Crippen LogP contribution in [0.1, 0.15) is 81.0 Å². The fourth-order valence-electron chi connectivity index (χ4n) is 3.83. The summed E-state index contributed by atoms with van der Waals surface area (Å²) in [6.07, 6.45) is 2.07. The summed E-state index contributed by atoms with van der Waals surface area (Å²) in [6.45, 7) is 10.4. The predicted octanol–water partition coefficient (Wildman–Crippen LogP) is 3.80. The Morgan fingerprint density at radius 2 is 1.82 bits per heavy atom. The van der Waals surface area contributed by atoms with Crippen LogP contribution in [-0.2, 0) is 9.63 Å². The molecule has 174 valence electrons. The van der Waals surface area contributed by atoms with Crippen molar-refractivity contribution < 1.29 is 14.4 Å². The van der Waals surface area contributed by atoms with Crippen molar-refractivity contribution in [2.45, 2.75) is 65.5 Å². The van der Waals surface area contributed by atoms with Gasteiger partial charge in [0.2, 0.25) is 0 Å². The summed E-state index contributed by atoms with van der Waals surface area (Å²) in [5.41, 5.74) is 3.34. The molecule has 2 aromatic rings. The number of carbonyl (C=O) groups excluding carboxylic acids is 2. The molecule has 1 N–H and O–H groups in total. The second-order valence-electron chi connectivity index (χ2n) is 10.3. The van der Waals surface area contributed by atoms with Gasteiger partial charge in [-0.3, -0.25) is 9.48 Å². The van der Waals surface area contributed by atoms with E-state index in [1.807, 2.05) is 51.4 Å². The molecule has 0 atom stereocenters. The van der Waals surface area contributed by atoms with Crippen molar-refractivity contribution in [1.29, 1.82) is 5.26 Å². The van der Waals surface area contributed by atoms with Crippen LogP contribution >= 0.6 is 0 Å². The van der Waals surface area contributed by atoms with E-state index in [4.69, 9.17) is 15.2 Å². The molecule has 1 aliphatic heterocycles. The molecule has 0 spiro atoms. The third kappa shape index (κ3) is 4.79. The minimum absolute atomic E-state index is 0.0148. The number of hydrogen-bond donors (Lipinski definition) is 1. The zero-order valence-corrected chi connectivity index (χ0v) is 19.9. The zero-order chi connectivity index (χ0) is 23.9. The molecule has 2 aliphatic rings. The number of hydroxylamine groups is 2. The first-order chi connectivity index (χ1) is 15.6. The van der Waals surface area contributed by atoms with Gasteiger partial charge in [0.05, 0.1) is 41.9 Å². The minimum atomic E-state index is -0.570. The SMILES string of the molecule is CC(C)n1nc(-c2ccc(C#N)cc2)c(C2CC2)c1C(=O)NC1CN(OC(=O)C(C)(C)C)C1. The standard InChI is InChI=1S/C25H31N5O3/c1-15(2)30-22(23(31)27-19-13-29(14-19)33-24(32)25(3,4)5)20(17-10-11-17)21(28-30)18-8-6-16(12-26)7-9-18/h6-9,15,17,19H,10-11,13-14H2,1-5H3,(H,27,31). The molecule has 1 aromatic carbocycles. The summed E-state index contributed by atoms with van der Waals surface area (Å²) in [5.74, 6) is -0.118. The number of aromatic nitrogens is 2. The largest absolute Gasteiger partial charge is 0.367 e. The number of benzene rings is 1. The van der Waals surface area contributed by atoms with E-state index >= 15 is 0 Å². The molecule has 8 nitrogen and oxygen atoms in total. The maximum atomic E-state index is 13.4. The monoisotopic (exact) mass is 449 g/mol. The minimum Gasteiger partial charge on any atom is -0.367 e. The van der Waals surface area contributed by atoms with Crippen LogP contribution in [0.4, 0.5) is 0 Å². The first-order valence-corrected chi connectivity index (χ1v) is 11.5. The molecule has 1 saturated carbocycles. The first kappa shape index (κ1) is 23.0. The van der Waals surface area contributed by atoms with E-state index in [0.717, 1.165) is 29.7 Å². The van der Waals surface area contributed by atoms with Gasteiger partial charge in [0.1, 0.15) is 5.69 Å². The smallest absolute Gasteiger partial charge is 0.330 e. The van der Waals surface area contributed by atoms with Gasteiger partial charge in [0.25, 0.3) is 5.91 Å². The molecular formula is C25H31N5O3. The van der Waals surface area contributed by atoms with Crippen molar-refractivity contribution in [3.63, 3.8) is 0 Å². The van der Waals surface area contributed by atoms with E-state index in [2.05, 4.69) is 11.4 Å². The highest BCUT2D eigenvalue weighted by atomic mass is 16.7. The Morgan fingerprint density at radius 3 is 2.33 bits per heavy atom. The number of carbonyl (C=O) groups is 2. The zero-order valence-electron chi connectivity index (χ0n) is 19.9.